The quantitative estimate of drug-likeness (QED) is 0.0137. The molecule has 4 rings (SSSR count). The van der Waals surface area contributed by atoms with Crippen molar-refractivity contribution in [1.82, 2.24) is 57.3 Å². The fraction of sp³-hybridized carbons (Fsp3) is 0.600. The molecule has 37 nitrogen and oxygen atoms in total. The SMILES string of the molecule is CCCC(=O)OCN(C(=O)[C@@H](CC(=O)[C@H]1CCCCN1C)C(C)CC)C(C[C@@H](C)c1nc(C(=O)N[C@@H](Cc2ccc(O)cc2)C[C@H](C)C(=O)NCC(=O)OCCSSC[C@H](NC(=O)[C@H](CC(=O)O)CC(=O)[C@H](CC(=O)O)NC(=O)Cc2ccc(CNC(=O)NCCCC[C@H](NC(=O)NCCCC(=O)O)C(=O)O)cc2)C(=O)O)cs1)C(C)C.O=C=O. The molecule has 1 aliphatic heterocycles. The molecular weight excluding hydrogens is 1630 g/mol. The monoisotopic (exact) mass is 1740 g/mol. The molecule has 0 aliphatic carbocycles. The van der Waals surface area contributed by atoms with E-state index in [1.54, 1.807) is 41.5 Å². The van der Waals surface area contributed by atoms with Crippen molar-refractivity contribution in [3.63, 3.8) is 0 Å². The second-order valence-electron chi connectivity index (χ2n) is 29.7. The molecule has 1 saturated heterocycles. The van der Waals surface area contributed by atoms with Gasteiger partial charge in [0.2, 0.25) is 23.6 Å². The van der Waals surface area contributed by atoms with E-state index in [1.165, 1.54) is 35.6 Å². The van der Waals surface area contributed by atoms with Crippen LogP contribution in [0, 0.1) is 29.6 Å². The van der Waals surface area contributed by atoms with Crippen LogP contribution in [0.3, 0.4) is 0 Å². The number of hydrogen-bond donors (Lipinski definition) is 14. The molecule has 664 valence electrons. The normalized spacial score (nSPS) is 15.0. The van der Waals surface area contributed by atoms with Crippen LogP contribution in [0.4, 0.5) is 9.59 Å². The van der Waals surface area contributed by atoms with Crippen LogP contribution in [0.25, 0.3) is 0 Å². The topological polar surface area (TPSA) is 563 Å². The van der Waals surface area contributed by atoms with Gasteiger partial charge in [-0.3, -0.25) is 62.4 Å². The number of likely N-dealkylation sites (N-methyl/N-ethyl adjacent to an activating group) is 1. The molecule has 120 heavy (non-hydrogen) atoms. The molecule has 40 heteroatoms. The van der Waals surface area contributed by atoms with Crippen LogP contribution in [-0.4, -0.2) is 241 Å². The van der Waals surface area contributed by atoms with E-state index in [1.807, 2.05) is 48.6 Å². The lowest BCUT2D eigenvalue weighted by Crippen LogP contribution is -2.50. The van der Waals surface area contributed by atoms with Gasteiger partial charge >= 0.3 is 60.0 Å². The van der Waals surface area contributed by atoms with Crippen molar-refractivity contribution in [2.45, 2.75) is 219 Å². The Kier molecular flexibility index (Phi) is 48.4. The van der Waals surface area contributed by atoms with Crippen molar-refractivity contribution in [2.24, 2.45) is 29.6 Å². The Morgan fingerprint density at radius 2 is 1.30 bits per heavy atom. The number of ketones is 2. The molecule has 14 N–H and O–H groups in total. The maximum Gasteiger partial charge on any atom is 0.373 e. The fourth-order valence-corrected chi connectivity index (χ4v) is 15.7. The first-order valence-corrected chi connectivity index (χ1v) is 43.0. The van der Waals surface area contributed by atoms with Gasteiger partial charge in [0, 0.05) is 92.0 Å². The zero-order valence-corrected chi connectivity index (χ0v) is 71.3. The summed E-state index contributed by atoms with van der Waals surface area (Å²) in [6.45, 7) is 13.3. The highest BCUT2D eigenvalue weighted by Gasteiger charge is 2.40. The predicted octanol–water partition coefficient (Wildman–Crippen LogP) is 5.84. The molecule has 2 aromatic carbocycles. The highest BCUT2D eigenvalue weighted by Crippen LogP contribution is 2.33. The van der Waals surface area contributed by atoms with E-state index >= 15 is 0 Å². The molecule has 9 amide bonds. The third kappa shape index (κ3) is 40.5. The Balaban J connectivity index is 0.0000122. The largest absolute Gasteiger partial charge is 0.508 e. The number of thiazole rings is 1. The predicted molar refractivity (Wildman–Crippen MR) is 438 cm³/mol. The van der Waals surface area contributed by atoms with Gasteiger partial charge in [-0.1, -0.05) is 119 Å². The number of likely N-dealkylation sites (tertiary alicyclic amines) is 1. The number of hydrogen-bond acceptors (Lipinski definition) is 26. The number of urea groups is 2. The van der Waals surface area contributed by atoms with Gasteiger partial charge in [0.15, 0.2) is 18.3 Å². The van der Waals surface area contributed by atoms with Gasteiger partial charge in [-0.25, -0.2) is 24.2 Å². The van der Waals surface area contributed by atoms with E-state index in [-0.39, 0.29) is 149 Å². The smallest absolute Gasteiger partial charge is 0.373 e. The lowest BCUT2D eigenvalue weighted by atomic mass is 9.82. The van der Waals surface area contributed by atoms with E-state index in [9.17, 15) is 102 Å². The Labute approximate surface area is 708 Å². The number of carboxylic acids is 5. The minimum atomic E-state index is -1.74. The van der Waals surface area contributed by atoms with Gasteiger partial charge in [-0.15, -0.1) is 11.3 Å². The number of Topliss-reactive ketones (excluding diaryl/α,β-unsaturated/α-hetero) is 2. The number of amides is 9. The highest BCUT2D eigenvalue weighted by atomic mass is 33.1. The molecule has 1 aliphatic rings. The Hall–Kier alpha value is -10.6. The average Bonchev–Trinajstić information content (AvgIpc) is 1.27. The molecule has 11 atom stereocenters. The maximum absolute atomic E-state index is 15.0. The number of carbonyl (C=O) groups is 16. The fourth-order valence-electron chi connectivity index (χ4n) is 12.9. The van der Waals surface area contributed by atoms with Crippen molar-refractivity contribution in [1.29, 1.82) is 0 Å². The summed E-state index contributed by atoms with van der Waals surface area (Å²) < 4.78 is 11.0. The lowest BCUT2D eigenvalue weighted by Gasteiger charge is -2.39. The number of carbonyl (C=O) groups excluding carboxylic acids is 13. The van der Waals surface area contributed by atoms with E-state index in [0.29, 0.717) is 48.2 Å². The Morgan fingerprint density at radius 1 is 0.658 bits per heavy atom. The van der Waals surface area contributed by atoms with Gasteiger partial charge < -0.3 is 87.5 Å². The average molecular weight is 1740 g/mol. The lowest BCUT2D eigenvalue weighted by molar-refractivity contribution is -0.192. The summed E-state index contributed by atoms with van der Waals surface area (Å²) in [4.78, 5) is 230. The van der Waals surface area contributed by atoms with Crippen LogP contribution in [0.2, 0.25) is 0 Å². The molecular formula is C80H115N11O26S3. The van der Waals surface area contributed by atoms with Crippen LogP contribution in [0.1, 0.15) is 196 Å². The number of aromatic hydroxyl groups is 1. The third-order valence-electron chi connectivity index (χ3n) is 19.7. The van der Waals surface area contributed by atoms with Crippen molar-refractivity contribution in [3.8, 4) is 5.75 Å². The van der Waals surface area contributed by atoms with E-state index in [2.05, 4.69) is 47.4 Å². The second kappa shape index (κ2) is 56.0. The minimum absolute atomic E-state index is 0.0158. The van der Waals surface area contributed by atoms with E-state index in [0.717, 1.165) is 53.0 Å². The number of rotatable bonds is 56. The Bertz CT molecular complexity index is 3920. The summed E-state index contributed by atoms with van der Waals surface area (Å²) in [6, 6.07) is 5.21. The van der Waals surface area contributed by atoms with Crippen LogP contribution in [0.15, 0.2) is 53.9 Å². The number of aliphatic carboxylic acids is 5. The minimum Gasteiger partial charge on any atom is -0.508 e. The zero-order chi connectivity index (χ0) is 89.6. The van der Waals surface area contributed by atoms with E-state index in [4.69, 9.17) is 29.2 Å². The number of benzene rings is 2. The number of unbranched alkanes of at least 4 members (excludes halogenated alkanes) is 1. The zero-order valence-electron chi connectivity index (χ0n) is 68.8. The summed E-state index contributed by atoms with van der Waals surface area (Å²) in [5.41, 5.74) is 1.82. The van der Waals surface area contributed by atoms with Crippen LogP contribution in [0.5, 0.6) is 5.75 Å². The van der Waals surface area contributed by atoms with Crippen molar-refractivity contribution >= 4 is 134 Å². The van der Waals surface area contributed by atoms with Crippen molar-refractivity contribution < 1.29 is 126 Å². The third-order valence-corrected chi connectivity index (χ3v) is 23.2. The second-order valence-corrected chi connectivity index (χ2v) is 33.2. The Morgan fingerprint density at radius 3 is 1.92 bits per heavy atom. The van der Waals surface area contributed by atoms with Crippen molar-refractivity contribution in [2.75, 3.05) is 58.1 Å². The summed E-state index contributed by atoms with van der Waals surface area (Å²) in [5.74, 6) is -16.5. The number of nitrogens with zero attached hydrogens (tertiary/aromatic N) is 3. The van der Waals surface area contributed by atoms with Gasteiger partial charge in [0.05, 0.1) is 42.3 Å². The molecule has 0 radical (unpaired) electrons. The van der Waals surface area contributed by atoms with Gasteiger partial charge in [-0.2, -0.15) is 9.59 Å². The highest BCUT2D eigenvalue weighted by molar-refractivity contribution is 8.76. The standard InChI is InChI=1S/C79H115N11O24S3.CO2/c1-9-16-69(101)114-45-90(75(106)56(47(5)10-2)39-64(93)61-18-12-14-30-89(61)8)62(46(3)4)34-49(7)74-87-59(43-115-74)73(105)84-54(35-50-24-26-55(91)27-25-50)33-48(6)71(103)82-42-70(102)113-31-32-116-117-44-60(77(109)110)86-72(104)53(38-67(97)98)37-63(92)58(40-68(99)100)85-65(94)36-51-20-22-52(23-21-51)41-83-78(111)80-28-13-11-17-57(76(107)108)88-79(112)81-29-15-19-66(95)96;2-1-3/h20-27,43,46-49,53-54,56-58,60-62,91H,9-19,28-42,44-45H2,1-8H3,(H,82,103)(H,84,105)(H,85,94)(H,86,104)(H,95,96)(H,97,98)(H,99,100)(H,107,108)(H,109,110)(H2,80,83,111)(H2,81,88,112);/t47?,48-,49+,53-,54+,56-,57-,58-,60-,61+,62?;/m0./s1. The first kappa shape index (κ1) is 104. The number of phenols is 1. The maximum atomic E-state index is 15.0. The molecule has 1 fully saturated rings. The van der Waals surface area contributed by atoms with Crippen LogP contribution < -0.4 is 42.5 Å². The number of phenolic OH excluding ortho intramolecular Hbond substituents is 1. The number of carboxylic acid groups (broad SMARTS) is 5. The molecule has 0 saturated carbocycles. The number of aromatic nitrogens is 1. The summed E-state index contributed by atoms with van der Waals surface area (Å²) in [7, 11) is 3.92. The van der Waals surface area contributed by atoms with Gasteiger partial charge in [-0.05, 0) is 118 Å². The molecule has 2 unspecified atom stereocenters. The first-order valence-electron chi connectivity index (χ1n) is 39.7. The summed E-state index contributed by atoms with van der Waals surface area (Å²) in [6.07, 6.45) is 2.50. The molecule has 3 aromatic rings. The number of esters is 2. The molecule has 0 spiro atoms. The molecule has 0 bridgehead atoms. The van der Waals surface area contributed by atoms with Crippen LogP contribution >= 0.6 is 32.9 Å². The summed E-state index contributed by atoms with van der Waals surface area (Å²) >= 11 is 1.26. The molecule has 1 aromatic heterocycles. The van der Waals surface area contributed by atoms with Gasteiger partial charge in [0.25, 0.3) is 5.91 Å². The van der Waals surface area contributed by atoms with E-state index < -0.39 is 157 Å². The van der Waals surface area contributed by atoms with Crippen molar-refractivity contribution in [3.05, 3.63) is 81.3 Å². The van der Waals surface area contributed by atoms with Gasteiger partial charge in [0.1, 0.15) is 36.7 Å². The number of ether oxygens (including phenoxy) is 2. The number of nitrogens with one attached hydrogen (secondary N) is 8. The summed E-state index contributed by atoms with van der Waals surface area (Å²) in [5, 5.41) is 79.9. The number of piperidine rings is 1. The van der Waals surface area contributed by atoms with Crippen LogP contribution in [-0.2, 0) is 101 Å². The first-order chi connectivity index (χ1) is 56.9. The molecule has 2 heterocycles.